The van der Waals surface area contributed by atoms with Crippen molar-refractivity contribution in [2.75, 3.05) is 11.1 Å². The predicted octanol–water partition coefficient (Wildman–Crippen LogP) is 5.90. The molecule has 146 valence electrons. The SMILES string of the molecule is O=C(CSc1nnc(-c2cccc(Br)c2)o1)Nc1cc(C(F)(F)F)ccc1Cl. The summed E-state index contributed by atoms with van der Waals surface area (Å²) in [5.74, 6) is -0.425. The highest BCUT2D eigenvalue weighted by molar-refractivity contribution is 9.10. The molecule has 2 aromatic carbocycles. The van der Waals surface area contributed by atoms with Gasteiger partial charge in [-0.2, -0.15) is 13.2 Å². The van der Waals surface area contributed by atoms with Crippen molar-refractivity contribution in [3.63, 3.8) is 0 Å². The molecular weight excluding hydrogens is 483 g/mol. The number of aromatic nitrogens is 2. The Labute approximate surface area is 174 Å². The molecule has 0 aliphatic rings. The topological polar surface area (TPSA) is 68.0 Å². The number of benzene rings is 2. The van der Waals surface area contributed by atoms with Gasteiger partial charge in [-0.25, -0.2) is 0 Å². The van der Waals surface area contributed by atoms with E-state index in [9.17, 15) is 18.0 Å². The fourth-order valence-electron chi connectivity index (χ4n) is 2.12. The normalized spacial score (nSPS) is 11.5. The molecule has 0 unspecified atom stereocenters. The van der Waals surface area contributed by atoms with E-state index in [2.05, 4.69) is 31.4 Å². The van der Waals surface area contributed by atoms with Gasteiger partial charge in [-0.1, -0.05) is 45.4 Å². The van der Waals surface area contributed by atoms with E-state index >= 15 is 0 Å². The Morgan fingerprint density at radius 1 is 1.21 bits per heavy atom. The van der Waals surface area contributed by atoms with E-state index in [1.54, 1.807) is 12.1 Å². The quantitative estimate of drug-likeness (QED) is 0.449. The first-order chi connectivity index (χ1) is 13.2. The lowest BCUT2D eigenvalue weighted by atomic mass is 10.2. The van der Waals surface area contributed by atoms with Gasteiger partial charge < -0.3 is 9.73 Å². The van der Waals surface area contributed by atoms with Gasteiger partial charge in [0.1, 0.15) is 0 Å². The first-order valence-electron chi connectivity index (χ1n) is 7.61. The number of amides is 1. The highest BCUT2D eigenvalue weighted by Crippen LogP contribution is 2.34. The molecule has 0 spiro atoms. The van der Waals surface area contributed by atoms with Crippen molar-refractivity contribution in [3.8, 4) is 11.5 Å². The van der Waals surface area contributed by atoms with Crippen LogP contribution in [0.2, 0.25) is 5.02 Å². The van der Waals surface area contributed by atoms with E-state index in [0.29, 0.717) is 5.56 Å². The highest BCUT2D eigenvalue weighted by Gasteiger charge is 2.31. The number of hydrogen-bond acceptors (Lipinski definition) is 5. The Hall–Kier alpha value is -2.04. The van der Waals surface area contributed by atoms with Crippen molar-refractivity contribution in [2.45, 2.75) is 11.4 Å². The van der Waals surface area contributed by atoms with Crippen molar-refractivity contribution in [2.24, 2.45) is 0 Å². The third-order valence-corrected chi connectivity index (χ3v) is 5.01. The Balaban J connectivity index is 1.62. The second-order valence-corrected chi connectivity index (χ2v) is 7.66. The number of alkyl halides is 3. The van der Waals surface area contributed by atoms with Gasteiger partial charge in [-0.15, -0.1) is 10.2 Å². The van der Waals surface area contributed by atoms with Gasteiger partial charge in [0.2, 0.25) is 11.8 Å². The number of rotatable bonds is 5. The number of thioether (sulfide) groups is 1. The molecule has 0 fully saturated rings. The zero-order valence-corrected chi connectivity index (χ0v) is 16.9. The summed E-state index contributed by atoms with van der Waals surface area (Å²) >= 11 is 10.2. The molecule has 3 aromatic rings. The number of carbonyl (C=O) groups excluding carboxylic acids is 1. The Morgan fingerprint density at radius 2 is 2.00 bits per heavy atom. The highest BCUT2D eigenvalue weighted by atomic mass is 79.9. The van der Waals surface area contributed by atoms with E-state index in [1.165, 1.54) is 0 Å². The summed E-state index contributed by atoms with van der Waals surface area (Å²) in [6, 6.07) is 9.94. The van der Waals surface area contributed by atoms with E-state index in [1.807, 2.05) is 12.1 Å². The van der Waals surface area contributed by atoms with Crippen LogP contribution in [0.25, 0.3) is 11.5 Å². The summed E-state index contributed by atoms with van der Waals surface area (Å²) in [6.45, 7) is 0. The van der Waals surface area contributed by atoms with Crippen LogP contribution in [-0.4, -0.2) is 21.9 Å². The van der Waals surface area contributed by atoms with Crippen molar-refractivity contribution < 1.29 is 22.4 Å². The molecule has 28 heavy (non-hydrogen) atoms. The van der Waals surface area contributed by atoms with Gasteiger partial charge >= 0.3 is 6.18 Å². The van der Waals surface area contributed by atoms with E-state index in [4.69, 9.17) is 16.0 Å². The lowest BCUT2D eigenvalue weighted by Gasteiger charge is -2.11. The van der Waals surface area contributed by atoms with Gasteiger partial charge in [-0.3, -0.25) is 4.79 Å². The molecule has 1 amide bonds. The number of anilines is 1. The molecule has 11 heteroatoms. The largest absolute Gasteiger partial charge is 0.416 e. The summed E-state index contributed by atoms with van der Waals surface area (Å²) < 4.78 is 44.7. The summed E-state index contributed by atoms with van der Waals surface area (Å²) in [6.07, 6.45) is -4.54. The summed E-state index contributed by atoms with van der Waals surface area (Å²) in [5, 5.41) is 10.3. The second-order valence-electron chi connectivity index (χ2n) is 5.41. The van der Waals surface area contributed by atoms with Crippen molar-refractivity contribution in [1.82, 2.24) is 10.2 Å². The molecule has 0 aliphatic heterocycles. The number of hydrogen-bond donors (Lipinski definition) is 1. The maximum absolute atomic E-state index is 12.8. The third kappa shape index (κ3) is 5.27. The lowest BCUT2D eigenvalue weighted by Crippen LogP contribution is -2.15. The fraction of sp³-hybridized carbons (Fsp3) is 0.118. The van der Waals surface area contributed by atoms with Crippen LogP contribution in [0.15, 0.2) is 56.6 Å². The summed E-state index contributed by atoms with van der Waals surface area (Å²) in [7, 11) is 0. The zero-order chi connectivity index (χ0) is 20.3. The molecule has 0 saturated carbocycles. The molecule has 3 rings (SSSR count). The second kappa shape index (κ2) is 8.54. The van der Waals surface area contributed by atoms with E-state index in [0.717, 1.165) is 34.4 Å². The van der Waals surface area contributed by atoms with Crippen LogP contribution in [0.1, 0.15) is 5.56 Å². The van der Waals surface area contributed by atoms with Crippen LogP contribution in [-0.2, 0) is 11.0 Å². The van der Waals surface area contributed by atoms with E-state index in [-0.39, 0.29) is 27.6 Å². The Morgan fingerprint density at radius 3 is 2.71 bits per heavy atom. The molecule has 0 aliphatic carbocycles. The maximum Gasteiger partial charge on any atom is 0.416 e. The minimum Gasteiger partial charge on any atom is -0.411 e. The van der Waals surface area contributed by atoms with Crippen LogP contribution in [0.4, 0.5) is 18.9 Å². The number of nitrogens with one attached hydrogen (secondary N) is 1. The molecule has 0 saturated heterocycles. The van der Waals surface area contributed by atoms with Crippen LogP contribution >= 0.6 is 39.3 Å². The summed E-state index contributed by atoms with van der Waals surface area (Å²) in [5.41, 5.74) is -0.327. The maximum atomic E-state index is 12.8. The molecule has 0 radical (unpaired) electrons. The van der Waals surface area contributed by atoms with E-state index < -0.39 is 17.6 Å². The summed E-state index contributed by atoms with van der Waals surface area (Å²) in [4.78, 5) is 12.1. The van der Waals surface area contributed by atoms with Crippen LogP contribution in [0, 0.1) is 0 Å². The lowest BCUT2D eigenvalue weighted by molar-refractivity contribution is -0.137. The number of halogens is 5. The molecule has 1 aromatic heterocycles. The number of carbonyl (C=O) groups is 1. The molecule has 0 bridgehead atoms. The minimum absolute atomic E-state index is 0.00100. The molecule has 5 nitrogen and oxygen atoms in total. The first-order valence-corrected chi connectivity index (χ1v) is 9.77. The molecule has 1 heterocycles. The van der Waals surface area contributed by atoms with Gasteiger partial charge in [0.15, 0.2) is 0 Å². The average molecular weight is 493 g/mol. The molecular formula is C17H10BrClF3N3O2S. The van der Waals surface area contributed by atoms with Gasteiger partial charge in [0.05, 0.1) is 22.0 Å². The van der Waals surface area contributed by atoms with Gasteiger partial charge in [-0.05, 0) is 36.4 Å². The van der Waals surface area contributed by atoms with Crippen LogP contribution in [0.5, 0.6) is 0 Å². The van der Waals surface area contributed by atoms with Crippen LogP contribution < -0.4 is 5.32 Å². The molecule has 1 N–H and O–H groups in total. The monoisotopic (exact) mass is 491 g/mol. The standard InChI is InChI=1S/C17H10BrClF3N3O2S/c18-11-3-1-2-9(6-11)15-24-25-16(27-15)28-8-14(26)23-13-7-10(17(20,21)22)4-5-12(13)19/h1-7H,8H2,(H,23,26). The molecule has 0 atom stereocenters. The van der Waals surface area contributed by atoms with Gasteiger partial charge in [0, 0.05) is 10.0 Å². The first kappa shape index (κ1) is 20.7. The fourth-order valence-corrected chi connectivity index (χ4v) is 3.24. The Bertz CT molecular complexity index is 1010. The van der Waals surface area contributed by atoms with Crippen molar-refractivity contribution in [1.29, 1.82) is 0 Å². The zero-order valence-electron chi connectivity index (χ0n) is 13.8. The smallest absolute Gasteiger partial charge is 0.411 e. The third-order valence-electron chi connectivity index (χ3n) is 3.37. The van der Waals surface area contributed by atoms with Gasteiger partial charge in [0.25, 0.3) is 5.22 Å². The minimum atomic E-state index is -4.54. The predicted molar refractivity (Wildman–Crippen MR) is 103 cm³/mol. The van der Waals surface area contributed by atoms with Crippen molar-refractivity contribution in [3.05, 3.63) is 57.5 Å². The number of nitrogens with zero attached hydrogens (tertiary/aromatic N) is 2. The Kier molecular flexibility index (Phi) is 6.31. The van der Waals surface area contributed by atoms with Crippen LogP contribution in [0.3, 0.4) is 0 Å². The average Bonchev–Trinajstić information content (AvgIpc) is 3.10. The van der Waals surface area contributed by atoms with Crippen molar-refractivity contribution >= 4 is 50.9 Å².